The van der Waals surface area contributed by atoms with E-state index in [1.54, 1.807) is 36.4 Å². The lowest BCUT2D eigenvalue weighted by Gasteiger charge is -2.45. The van der Waals surface area contributed by atoms with Gasteiger partial charge in [-0.2, -0.15) is 0 Å². The highest BCUT2D eigenvalue weighted by Gasteiger charge is 2.50. The second-order valence-electron chi connectivity index (χ2n) is 12.5. The van der Waals surface area contributed by atoms with E-state index in [4.69, 9.17) is 32.8 Å². The Hall–Kier alpha value is -3.73. The Kier molecular flexibility index (Phi) is 8.74. The molecule has 47 heavy (non-hydrogen) atoms. The van der Waals surface area contributed by atoms with Crippen molar-refractivity contribution >= 4 is 17.0 Å². The molecule has 0 radical (unpaired) electrons. The van der Waals surface area contributed by atoms with Crippen LogP contribution >= 0.6 is 0 Å². The van der Waals surface area contributed by atoms with E-state index in [9.17, 15) is 35.4 Å². The fourth-order valence-corrected chi connectivity index (χ4v) is 5.85. The van der Waals surface area contributed by atoms with Crippen LogP contribution in [-0.2, 0) is 14.2 Å². The zero-order valence-electron chi connectivity index (χ0n) is 26.3. The van der Waals surface area contributed by atoms with Gasteiger partial charge in [-0.25, -0.2) is 0 Å². The summed E-state index contributed by atoms with van der Waals surface area (Å²) in [5, 5.41) is 63.6. The molecule has 6 rings (SSSR count). The van der Waals surface area contributed by atoms with Gasteiger partial charge in [0.25, 0.3) is 0 Å². The van der Waals surface area contributed by atoms with Gasteiger partial charge in [0.2, 0.25) is 17.5 Å². The van der Waals surface area contributed by atoms with E-state index >= 15 is 0 Å². The third kappa shape index (κ3) is 5.96. The number of aliphatic hydroxyl groups excluding tert-OH is 5. The van der Waals surface area contributed by atoms with Crippen LogP contribution < -0.4 is 19.6 Å². The van der Waals surface area contributed by atoms with Crippen molar-refractivity contribution in [1.29, 1.82) is 0 Å². The molecule has 4 heterocycles. The molecule has 0 unspecified atom stereocenters. The van der Waals surface area contributed by atoms with E-state index in [1.165, 1.54) is 27.0 Å². The highest BCUT2D eigenvalue weighted by molar-refractivity contribution is 5.95. The van der Waals surface area contributed by atoms with Gasteiger partial charge >= 0.3 is 0 Å². The van der Waals surface area contributed by atoms with E-state index in [2.05, 4.69) is 0 Å². The minimum Gasteiger partial charge on any atom is -0.507 e. The fraction of sp³-hybridized carbons (Fsp3) is 0.485. The molecule has 0 bridgehead atoms. The van der Waals surface area contributed by atoms with Crippen molar-refractivity contribution in [2.45, 2.75) is 94.7 Å². The van der Waals surface area contributed by atoms with Crippen molar-refractivity contribution in [3.05, 3.63) is 52.2 Å². The summed E-state index contributed by atoms with van der Waals surface area (Å²) in [6, 6.07) is 7.83. The summed E-state index contributed by atoms with van der Waals surface area (Å²) in [5.41, 5.74) is -0.677. The molecular weight excluding hydrogens is 620 g/mol. The van der Waals surface area contributed by atoms with Crippen LogP contribution in [0.3, 0.4) is 0 Å². The number of methoxy groups -OCH3 is 1. The quantitative estimate of drug-likeness (QED) is 0.222. The molecule has 3 aliphatic rings. The lowest BCUT2D eigenvalue weighted by molar-refractivity contribution is -0.352. The predicted molar refractivity (Wildman–Crippen MR) is 164 cm³/mol. The molecule has 254 valence electrons. The summed E-state index contributed by atoms with van der Waals surface area (Å²) in [7, 11) is 1.50. The van der Waals surface area contributed by atoms with Crippen molar-refractivity contribution < 1.29 is 63.5 Å². The topological polar surface area (TPSA) is 207 Å². The SMILES string of the molecule is COc1ccc(-c2oc3c4c(cc(O)c3c(=O)c2O[C@H]2O[C@H](C)[C@@H](O)[C@H](O)[C@@H]2O[C@H]2O[C@H](C)[C@@H](O)[C@H](O)[C@@H]2O)OC(C)(C)C=C4)cc1. The Bertz CT molecular complexity index is 1720. The van der Waals surface area contributed by atoms with Gasteiger partial charge in [-0.05, 0) is 64.1 Å². The number of aliphatic hydroxyl groups is 5. The third-order valence-corrected chi connectivity index (χ3v) is 8.60. The van der Waals surface area contributed by atoms with E-state index in [0.717, 1.165) is 0 Å². The van der Waals surface area contributed by atoms with Crippen LogP contribution in [0, 0.1) is 0 Å². The minimum absolute atomic E-state index is 0.0244. The third-order valence-electron chi connectivity index (χ3n) is 8.60. The number of hydrogen-bond donors (Lipinski definition) is 6. The molecule has 10 atom stereocenters. The van der Waals surface area contributed by atoms with E-state index in [-0.39, 0.29) is 16.7 Å². The largest absolute Gasteiger partial charge is 0.507 e. The number of rotatable bonds is 6. The Labute approximate surface area is 268 Å². The first-order valence-corrected chi connectivity index (χ1v) is 15.1. The van der Waals surface area contributed by atoms with Crippen molar-refractivity contribution in [3.63, 3.8) is 0 Å². The molecule has 1 aromatic heterocycles. The van der Waals surface area contributed by atoms with Gasteiger partial charge in [0.15, 0.2) is 23.7 Å². The maximum absolute atomic E-state index is 14.3. The van der Waals surface area contributed by atoms with Gasteiger partial charge in [0.05, 0.1) is 24.9 Å². The lowest BCUT2D eigenvalue weighted by Crippen LogP contribution is -2.63. The predicted octanol–water partition coefficient (Wildman–Crippen LogP) is 1.42. The van der Waals surface area contributed by atoms with Gasteiger partial charge in [0, 0.05) is 11.6 Å². The molecule has 0 saturated carbocycles. The van der Waals surface area contributed by atoms with Gasteiger partial charge < -0.3 is 63.5 Å². The normalized spacial score (nSPS) is 33.2. The molecule has 6 N–H and O–H groups in total. The summed E-state index contributed by atoms with van der Waals surface area (Å²) >= 11 is 0. The molecule has 2 saturated heterocycles. The lowest BCUT2D eigenvalue weighted by atomic mass is 9.98. The maximum Gasteiger partial charge on any atom is 0.239 e. The van der Waals surface area contributed by atoms with Crippen molar-refractivity contribution in [2.75, 3.05) is 7.11 Å². The molecule has 0 amide bonds. The van der Waals surface area contributed by atoms with Crippen molar-refractivity contribution in [3.8, 4) is 34.3 Å². The van der Waals surface area contributed by atoms with Gasteiger partial charge in [0.1, 0.15) is 58.8 Å². The Balaban J connectivity index is 1.48. The van der Waals surface area contributed by atoms with Crippen LogP contribution in [0.5, 0.6) is 23.0 Å². The second kappa shape index (κ2) is 12.4. The van der Waals surface area contributed by atoms with Crippen molar-refractivity contribution in [2.24, 2.45) is 0 Å². The number of fused-ring (bicyclic) bond motifs is 3. The molecular formula is C33H38O14. The maximum atomic E-state index is 14.3. The van der Waals surface area contributed by atoms with Gasteiger partial charge in [-0.15, -0.1) is 0 Å². The minimum atomic E-state index is -1.76. The van der Waals surface area contributed by atoms with Gasteiger partial charge in [-0.1, -0.05) is 0 Å². The monoisotopic (exact) mass is 658 g/mol. The molecule has 2 fully saturated rings. The van der Waals surface area contributed by atoms with Crippen LogP contribution in [-0.4, -0.2) is 105 Å². The molecule has 0 spiro atoms. The average molecular weight is 659 g/mol. The average Bonchev–Trinajstić information content (AvgIpc) is 3.03. The van der Waals surface area contributed by atoms with E-state index in [0.29, 0.717) is 22.6 Å². The summed E-state index contributed by atoms with van der Waals surface area (Å²) in [6.07, 6.45) is -11.3. The summed E-state index contributed by atoms with van der Waals surface area (Å²) < 4.78 is 41.1. The molecule has 14 nitrogen and oxygen atoms in total. The summed E-state index contributed by atoms with van der Waals surface area (Å²) in [6.45, 7) is 6.58. The van der Waals surface area contributed by atoms with Crippen molar-refractivity contribution in [1.82, 2.24) is 0 Å². The fourth-order valence-electron chi connectivity index (χ4n) is 5.85. The molecule has 3 aliphatic heterocycles. The molecule has 14 heteroatoms. The van der Waals surface area contributed by atoms with Gasteiger partial charge in [-0.3, -0.25) is 4.79 Å². The first kappa shape index (κ1) is 33.2. The standard InChI is InChI=1S/C33H38O14/c1-13-21(35)24(38)26(40)31(42-13)46-30-25(39)22(36)14(2)43-32(30)45-29-23(37)20-18(34)12-19-17(10-11-33(3,4)47-19)28(20)44-27(29)15-6-8-16(41-5)9-7-15/h6-14,21-22,24-26,30-32,34-36,38-40H,1-5H3/t13-,14-,21-,22-,24+,25+,26+,30+,31-,32-/m1/s1. The number of phenols is 1. The number of ether oxygens (including phenoxy) is 6. The molecule has 3 aromatic rings. The number of hydrogen-bond acceptors (Lipinski definition) is 14. The van der Waals surface area contributed by atoms with Crippen LogP contribution in [0.4, 0.5) is 0 Å². The summed E-state index contributed by atoms with van der Waals surface area (Å²) in [4.78, 5) is 14.3. The van der Waals surface area contributed by atoms with Crippen LogP contribution in [0.15, 0.2) is 45.6 Å². The Morgan fingerprint density at radius 1 is 0.851 bits per heavy atom. The highest BCUT2D eigenvalue weighted by Crippen LogP contribution is 2.43. The Morgan fingerprint density at radius 2 is 1.49 bits per heavy atom. The molecule has 0 aliphatic carbocycles. The number of aromatic hydroxyl groups is 1. The summed E-state index contributed by atoms with van der Waals surface area (Å²) in [5.74, 6) is -0.125. The van der Waals surface area contributed by atoms with Crippen LogP contribution in [0.1, 0.15) is 33.3 Å². The van der Waals surface area contributed by atoms with E-state index < -0.39 is 83.9 Å². The smallest absolute Gasteiger partial charge is 0.239 e. The second-order valence-corrected chi connectivity index (χ2v) is 12.5. The number of phenolic OH excluding ortho intramolecular Hbond substituents is 1. The Morgan fingerprint density at radius 3 is 2.15 bits per heavy atom. The number of benzene rings is 2. The van der Waals surface area contributed by atoms with Crippen LogP contribution in [0.25, 0.3) is 28.4 Å². The van der Waals surface area contributed by atoms with E-state index in [1.807, 2.05) is 13.8 Å². The van der Waals surface area contributed by atoms with Crippen LogP contribution in [0.2, 0.25) is 0 Å². The first-order valence-electron chi connectivity index (χ1n) is 15.1. The zero-order chi connectivity index (χ0) is 33.9. The zero-order valence-corrected chi connectivity index (χ0v) is 26.3. The highest BCUT2D eigenvalue weighted by atomic mass is 16.8. The first-order chi connectivity index (χ1) is 22.2. The molecule has 2 aromatic carbocycles.